The van der Waals surface area contributed by atoms with Crippen molar-refractivity contribution in [3.63, 3.8) is 0 Å². The molecule has 0 bridgehead atoms. The topological polar surface area (TPSA) is 35.5 Å². The van der Waals surface area contributed by atoms with Crippen molar-refractivity contribution >= 4 is 0 Å². The van der Waals surface area contributed by atoms with Crippen molar-refractivity contribution in [1.29, 1.82) is 0 Å². The average molecular weight is 228 g/mol. The first-order valence-corrected chi connectivity index (χ1v) is 6.55. The van der Waals surface area contributed by atoms with Crippen molar-refractivity contribution in [2.45, 2.75) is 52.2 Å². The molecule has 1 rings (SSSR count). The summed E-state index contributed by atoms with van der Waals surface area (Å²) < 4.78 is 0. The second kappa shape index (κ2) is 5.99. The first-order chi connectivity index (χ1) is 7.37. The predicted molar refractivity (Wildman–Crippen MR) is 68.6 cm³/mol. The number of nitrogens with zero attached hydrogens (tertiary/aromatic N) is 1. The SMILES string of the molecule is CC(C)NCC1CCN(CC(C)(C)O)CC1. The smallest absolute Gasteiger partial charge is 0.0718 e. The molecule has 1 saturated heterocycles. The van der Waals surface area contributed by atoms with Crippen LogP contribution in [0.25, 0.3) is 0 Å². The molecule has 0 aromatic carbocycles. The van der Waals surface area contributed by atoms with Crippen LogP contribution in [0.4, 0.5) is 0 Å². The molecule has 3 nitrogen and oxygen atoms in total. The molecular formula is C13H28N2O. The molecule has 0 saturated carbocycles. The lowest BCUT2D eigenvalue weighted by Crippen LogP contribution is -2.44. The standard InChI is InChI=1S/C13H28N2O/c1-11(2)14-9-12-5-7-15(8-6-12)10-13(3,4)16/h11-12,14,16H,5-10H2,1-4H3. The summed E-state index contributed by atoms with van der Waals surface area (Å²) in [5, 5.41) is 13.3. The summed E-state index contributed by atoms with van der Waals surface area (Å²) in [5.74, 6) is 0.820. The van der Waals surface area contributed by atoms with Crippen molar-refractivity contribution in [2.75, 3.05) is 26.2 Å². The number of nitrogens with one attached hydrogen (secondary N) is 1. The Morgan fingerprint density at radius 2 is 1.88 bits per heavy atom. The summed E-state index contributed by atoms with van der Waals surface area (Å²) in [6.07, 6.45) is 2.52. The second-order valence-electron chi connectivity index (χ2n) is 6.09. The maximum atomic E-state index is 9.76. The Kier molecular flexibility index (Phi) is 5.22. The monoisotopic (exact) mass is 228 g/mol. The van der Waals surface area contributed by atoms with Gasteiger partial charge in [-0.05, 0) is 52.2 Å². The molecule has 1 aliphatic heterocycles. The Morgan fingerprint density at radius 1 is 1.31 bits per heavy atom. The molecule has 0 aliphatic carbocycles. The molecule has 0 unspecified atom stereocenters. The highest BCUT2D eigenvalue weighted by Crippen LogP contribution is 2.18. The van der Waals surface area contributed by atoms with Gasteiger partial charge in [-0.2, -0.15) is 0 Å². The number of aliphatic hydroxyl groups is 1. The van der Waals surface area contributed by atoms with Crippen molar-refractivity contribution in [1.82, 2.24) is 10.2 Å². The number of β-amino-alcohol motifs (C(OH)–C–C–N with tert-alkyl or cyclic N) is 1. The molecule has 2 N–H and O–H groups in total. The van der Waals surface area contributed by atoms with Crippen LogP contribution in [0.2, 0.25) is 0 Å². The Morgan fingerprint density at radius 3 is 2.31 bits per heavy atom. The van der Waals surface area contributed by atoms with Crippen LogP contribution in [0.5, 0.6) is 0 Å². The van der Waals surface area contributed by atoms with Gasteiger partial charge in [-0.3, -0.25) is 0 Å². The van der Waals surface area contributed by atoms with Crippen LogP contribution < -0.4 is 5.32 Å². The zero-order valence-corrected chi connectivity index (χ0v) is 11.3. The molecule has 1 heterocycles. The Balaban J connectivity index is 2.18. The van der Waals surface area contributed by atoms with Gasteiger partial charge in [0.05, 0.1) is 5.60 Å². The number of hydrogen-bond acceptors (Lipinski definition) is 3. The Labute approximate surface area is 100 Å². The molecule has 0 radical (unpaired) electrons. The quantitative estimate of drug-likeness (QED) is 0.748. The van der Waals surface area contributed by atoms with Gasteiger partial charge in [-0.25, -0.2) is 0 Å². The van der Waals surface area contributed by atoms with Crippen molar-refractivity contribution in [3.8, 4) is 0 Å². The van der Waals surface area contributed by atoms with E-state index in [9.17, 15) is 5.11 Å². The van der Waals surface area contributed by atoms with Crippen LogP contribution in [0.15, 0.2) is 0 Å². The third kappa shape index (κ3) is 5.83. The summed E-state index contributed by atoms with van der Waals surface area (Å²) in [7, 11) is 0. The van der Waals surface area contributed by atoms with Crippen molar-refractivity contribution in [3.05, 3.63) is 0 Å². The second-order valence-corrected chi connectivity index (χ2v) is 6.09. The van der Waals surface area contributed by atoms with Gasteiger partial charge >= 0.3 is 0 Å². The Hall–Kier alpha value is -0.120. The number of likely N-dealkylation sites (tertiary alicyclic amines) is 1. The highest BCUT2D eigenvalue weighted by molar-refractivity contribution is 4.78. The molecular weight excluding hydrogens is 200 g/mol. The van der Waals surface area contributed by atoms with E-state index in [0.717, 1.165) is 32.1 Å². The fourth-order valence-electron chi connectivity index (χ4n) is 2.30. The lowest BCUT2D eigenvalue weighted by atomic mass is 9.95. The summed E-state index contributed by atoms with van der Waals surface area (Å²) >= 11 is 0. The highest BCUT2D eigenvalue weighted by Gasteiger charge is 2.23. The molecule has 0 aromatic heterocycles. The van der Waals surface area contributed by atoms with E-state index in [4.69, 9.17) is 0 Å². The van der Waals surface area contributed by atoms with Gasteiger partial charge in [0.1, 0.15) is 0 Å². The van der Waals surface area contributed by atoms with Crippen LogP contribution in [-0.4, -0.2) is 47.8 Å². The van der Waals surface area contributed by atoms with Crippen molar-refractivity contribution in [2.24, 2.45) is 5.92 Å². The van der Waals surface area contributed by atoms with E-state index in [1.54, 1.807) is 0 Å². The van der Waals surface area contributed by atoms with E-state index < -0.39 is 5.60 Å². The first kappa shape index (κ1) is 13.9. The third-order valence-electron chi connectivity index (χ3n) is 3.13. The van der Waals surface area contributed by atoms with Gasteiger partial charge in [-0.15, -0.1) is 0 Å². The average Bonchev–Trinajstić information content (AvgIpc) is 2.14. The van der Waals surface area contributed by atoms with E-state index in [1.165, 1.54) is 12.8 Å². The van der Waals surface area contributed by atoms with Crippen molar-refractivity contribution < 1.29 is 5.11 Å². The number of hydrogen-bond donors (Lipinski definition) is 2. The highest BCUT2D eigenvalue weighted by atomic mass is 16.3. The maximum Gasteiger partial charge on any atom is 0.0718 e. The summed E-state index contributed by atoms with van der Waals surface area (Å²) in [4.78, 5) is 2.38. The molecule has 0 amide bonds. The van der Waals surface area contributed by atoms with Crippen LogP contribution in [-0.2, 0) is 0 Å². The minimum atomic E-state index is -0.553. The molecule has 96 valence electrons. The third-order valence-corrected chi connectivity index (χ3v) is 3.13. The lowest BCUT2D eigenvalue weighted by Gasteiger charge is -2.35. The normalized spacial score (nSPS) is 20.6. The Bertz CT molecular complexity index is 191. The van der Waals surface area contributed by atoms with E-state index in [-0.39, 0.29) is 0 Å². The lowest BCUT2D eigenvalue weighted by molar-refractivity contribution is 0.0244. The molecule has 0 spiro atoms. The van der Waals surface area contributed by atoms with Gasteiger partial charge in [0, 0.05) is 12.6 Å². The fourth-order valence-corrected chi connectivity index (χ4v) is 2.30. The predicted octanol–water partition coefficient (Wildman–Crippen LogP) is 1.47. The minimum Gasteiger partial charge on any atom is -0.389 e. The zero-order chi connectivity index (χ0) is 12.2. The van der Waals surface area contributed by atoms with E-state index in [0.29, 0.717) is 6.04 Å². The van der Waals surface area contributed by atoms with Crippen LogP contribution in [0, 0.1) is 5.92 Å². The van der Waals surface area contributed by atoms with Gasteiger partial charge in [0.2, 0.25) is 0 Å². The van der Waals surface area contributed by atoms with Gasteiger partial charge < -0.3 is 15.3 Å². The summed E-state index contributed by atoms with van der Waals surface area (Å²) in [6, 6.07) is 0.592. The largest absolute Gasteiger partial charge is 0.389 e. The number of rotatable bonds is 5. The first-order valence-electron chi connectivity index (χ1n) is 6.55. The maximum absolute atomic E-state index is 9.76. The summed E-state index contributed by atoms with van der Waals surface area (Å²) in [6.45, 7) is 12.4. The number of piperidine rings is 1. The minimum absolute atomic E-state index is 0.553. The van der Waals surface area contributed by atoms with Gasteiger partial charge in [0.25, 0.3) is 0 Å². The zero-order valence-electron chi connectivity index (χ0n) is 11.3. The van der Waals surface area contributed by atoms with Crippen LogP contribution in [0.1, 0.15) is 40.5 Å². The van der Waals surface area contributed by atoms with Crippen LogP contribution in [0.3, 0.4) is 0 Å². The van der Waals surface area contributed by atoms with E-state index in [1.807, 2.05) is 13.8 Å². The molecule has 1 aliphatic rings. The molecule has 3 heteroatoms. The summed E-state index contributed by atoms with van der Waals surface area (Å²) in [5.41, 5.74) is -0.553. The van der Waals surface area contributed by atoms with Crippen LogP contribution >= 0.6 is 0 Å². The van der Waals surface area contributed by atoms with Gasteiger partial charge in [0.15, 0.2) is 0 Å². The van der Waals surface area contributed by atoms with E-state index >= 15 is 0 Å². The van der Waals surface area contributed by atoms with E-state index in [2.05, 4.69) is 24.1 Å². The fraction of sp³-hybridized carbons (Fsp3) is 1.00. The molecule has 0 atom stereocenters. The molecule has 16 heavy (non-hydrogen) atoms. The molecule has 0 aromatic rings. The molecule has 1 fully saturated rings. The van der Waals surface area contributed by atoms with Gasteiger partial charge in [-0.1, -0.05) is 13.8 Å².